The molecule has 1 N–H and O–H groups in total. The van der Waals surface area contributed by atoms with Gasteiger partial charge in [0.25, 0.3) is 0 Å². The van der Waals surface area contributed by atoms with Gasteiger partial charge >= 0.3 is 0 Å². The molecule has 16 heavy (non-hydrogen) atoms. The number of rotatable bonds is 3. The van der Waals surface area contributed by atoms with Gasteiger partial charge in [-0.05, 0) is 18.6 Å². The molecule has 4 nitrogen and oxygen atoms in total. The largest absolute Gasteiger partial charge is 0.367 e. The van der Waals surface area contributed by atoms with Crippen molar-refractivity contribution >= 4 is 17.5 Å². The van der Waals surface area contributed by atoms with Gasteiger partial charge in [0.1, 0.15) is 0 Å². The van der Waals surface area contributed by atoms with Crippen LogP contribution in [-0.2, 0) is 9.59 Å². The highest BCUT2D eigenvalue weighted by Crippen LogP contribution is 2.15. The van der Waals surface area contributed by atoms with Crippen LogP contribution in [0.2, 0.25) is 0 Å². The summed E-state index contributed by atoms with van der Waals surface area (Å²) in [4.78, 5) is 24.0. The molecule has 1 aromatic carbocycles. The van der Waals surface area contributed by atoms with E-state index in [-0.39, 0.29) is 18.5 Å². The van der Waals surface area contributed by atoms with E-state index in [1.54, 1.807) is 0 Å². The number of anilines is 1. The molecule has 1 saturated heterocycles. The fourth-order valence-corrected chi connectivity index (χ4v) is 1.73. The van der Waals surface area contributed by atoms with Gasteiger partial charge in [0.2, 0.25) is 11.8 Å². The molecule has 0 spiro atoms. The Morgan fingerprint density at radius 3 is 2.44 bits per heavy atom. The summed E-state index contributed by atoms with van der Waals surface area (Å²) >= 11 is 0. The molecule has 2 rings (SSSR count). The number of para-hydroxylation sites is 1. The Bertz CT molecular complexity index is 413. The lowest BCUT2D eigenvalue weighted by atomic mass is 10.2. The molecule has 0 atom stereocenters. The average Bonchev–Trinajstić information content (AvgIpc) is 2.58. The Balaban J connectivity index is 2.00. The van der Waals surface area contributed by atoms with Crippen LogP contribution in [0.5, 0.6) is 0 Å². The number of carbonyl (C=O) groups is 2. The Hall–Kier alpha value is -1.84. The second-order valence-electron chi connectivity index (χ2n) is 3.87. The number of carbonyl (C=O) groups excluding carboxylic acids is 2. The van der Waals surface area contributed by atoms with Crippen molar-refractivity contribution in [3.8, 4) is 0 Å². The zero-order valence-corrected chi connectivity index (χ0v) is 9.19. The molecular weight excluding hydrogens is 204 g/mol. The van der Waals surface area contributed by atoms with E-state index in [2.05, 4.69) is 5.32 Å². The second kappa shape index (κ2) is 4.35. The smallest absolute Gasteiger partial charge is 0.231 e. The van der Waals surface area contributed by atoms with Gasteiger partial charge in [-0.2, -0.15) is 0 Å². The second-order valence-corrected chi connectivity index (χ2v) is 3.87. The zero-order valence-electron chi connectivity index (χ0n) is 9.19. The quantitative estimate of drug-likeness (QED) is 0.782. The van der Waals surface area contributed by atoms with Crippen molar-refractivity contribution < 1.29 is 9.59 Å². The van der Waals surface area contributed by atoms with Gasteiger partial charge < -0.3 is 5.32 Å². The molecule has 0 aromatic heterocycles. The topological polar surface area (TPSA) is 49.4 Å². The Labute approximate surface area is 94.2 Å². The van der Waals surface area contributed by atoms with Crippen LogP contribution in [0.15, 0.2) is 24.3 Å². The van der Waals surface area contributed by atoms with Crippen LogP contribution in [0, 0.1) is 6.92 Å². The van der Waals surface area contributed by atoms with Gasteiger partial charge in [0.05, 0.1) is 6.67 Å². The average molecular weight is 218 g/mol. The summed E-state index contributed by atoms with van der Waals surface area (Å²) in [6, 6.07) is 7.78. The number of aryl methyl sites for hydroxylation is 1. The van der Waals surface area contributed by atoms with Crippen molar-refractivity contribution in [1.29, 1.82) is 0 Å². The summed E-state index contributed by atoms with van der Waals surface area (Å²) < 4.78 is 0. The predicted molar refractivity (Wildman–Crippen MR) is 60.8 cm³/mol. The Morgan fingerprint density at radius 2 is 1.81 bits per heavy atom. The van der Waals surface area contributed by atoms with E-state index in [0.29, 0.717) is 12.8 Å². The normalized spacial score (nSPS) is 15.7. The molecule has 1 aromatic rings. The SMILES string of the molecule is Cc1ccccc1NCN1C(=O)CCC1=O. The number of likely N-dealkylation sites (tertiary alicyclic amines) is 1. The van der Waals surface area contributed by atoms with Crippen molar-refractivity contribution in [3.05, 3.63) is 29.8 Å². The van der Waals surface area contributed by atoms with E-state index >= 15 is 0 Å². The number of benzene rings is 1. The summed E-state index contributed by atoms with van der Waals surface area (Å²) in [5.74, 6) is -0.183. The number of hydrogen-bond donors (Lipinski definition) is 1. The van der Waals surface area contributed by atoms with Gasteiger partial charge in [0, 0.05) is 18.5 Å². The van der Waals surface area contributed by atoms with E-state index in [4.69, 9.17) is 0 Å². The van der Waals surface area contributed by atoms with Gasteiger partial charge in [0.15, 0.2) is 0 Å². The highest BCUT2D eigenvalue weighted by atomic mass is 16.2. The minimum absolute atomic E-state index is 0.0916. The molecule has 1 heterocycles. The molecular formula is C12H14N2O2. The van der Waals surface area contributed by atoms with E-state index in [0.717, 1.165) is 11.3 Å². The Morgan fingerprint density at radius 1 is 1.19 bits per heavy atom. The first-order chi connectivity index (χ1) is 7.68. The van der Waals surface area contributed by atoms with Crippen molar-refractivity contribution in [1.82, 2.24) is 4.90 Å². The van der Waals surface area contributed by atoms with Crippen LogP contribution in [0.25, 0.3) is 0 Å². The summed E-state index contributed by atoms with van der Waals surface area (Å²) in [5.41, 5.74) is 2.05. The number of imide groups is 1. The third-order valence-corrected chi connectivity index (χ3v) is 2.73. The van der Waals surface area contributed by atoms with Crippen molar-refractivity contribution in [3.63, 3.8) is 0 Å². The third kappa shape index (κ3) is 2.05. The van der Waals surface area contributed by atoms with E-state index in [1.807, 2.05) is 31.2 Å². The number of nitrogens with zero attached hydrogens (tertiary/aromatic N) is 1. The molecule has 1 aliphatic heterocycles. The van der Waals surface area contributed by atoms with Crippen LogP contribution in [0.4, 0.5) is 5.69 Å². The van der Waals surface area contributed by atoms with E-state index < -0.39 is 0 Å². The molecule has 84 valence electrons. The lowest BCUT2D eigenvalue weighted by molar-refractivity contribution is -0.137. The first kappa shape index (κ1) is 10.7. The molecule has 0 bridgehead atoms. The lowest BCUT2D eigenvalue weighted by Crippen LogP contribution is -2.34. The first-order valence-electron chi connectivity index (χ1n) is 5.31. The van der Waals surface area contributed by atoms with Crippen LogP contribution in [0.3, 0.4) is 0 Å². The highest BCUT2D eigenvalue weighted by molar-refractivity contribution is 6.02. The fraction of sp³-hybridized carbons (Fsp3) is 0.333. The van der Waals surface area contributed by atoms with Gasteiger partial charge in [-0.25, -0.2) is 0 Å². The van der Waals surface area contributed by atoms with Crippen LogP contribution in [0.1, 0.15) is 18.4 Å². The van der Waals surface area contributed by atoms with Crippen molar-refractivity contribution in [2.45, 2.75) is 19.8 Å². The predicted octanol–water partition coefficient (Wildman–Crippen LogP) is 1.51. The minimum atomic E-state index is -0.0916. The fourth-order valence-electron chi connectivity index (χ4n) is 1.73. The summed E-state index contributed by atoms with van der Waals surface area (Å²) in [7, 11) is 0. The van der Waals surface area contributed by atoms with Crippen molar-refractivity contribution in [2.75, 3.05) is 12.0 Å². The molecule has 0 unspecified atom stereocenters. The molecule has 1 aliphatic rings. The minimum Gasteiger partial charge on any atom is -0.367 e. The molecule has 1 fully saturated rings. The molecule has 0 radical (unpaired) electrons. The monoisotopic (exact) mass is 218 g/mol. The number of hydrogen-bond acceptors (Lipinski definition) is 3. The van der Waals surface area contributed by atoms with Crippen LogP contribution >= 0.6 is 0 Å². The lowest BCUT2D eigenvalue weighted by Gasteiger charge is -2.16. The number of nitrogens with one attached hydrogen (secondary N) is 1. The summed E-state index contributed by atoms with van der Waals surface area (Å²) in [5, 5.41) is 3.10. The zero-order chi connectivity index (χ0) is 11.5. The van der Waals surface area contributed by atoms with E-state index in [1.165, 1.54) is 4.90 Å². The molecule has 4 heteroatoms. The molecule has 0 aliphatic carbocycles. The maximum Gasteiger partial charge on any atom is 0.231 e. The first-order valence-corrected chi connectivity index (χ1v) is 5.31. The van der Waals surface area contributed by atoms with E-state index in [9.17, 15) is 9.59 Å². The number of amides is 2. The maximum absolute atomic E-state index is 11.4. The van der Waals surface area contributed by atoms with Gasteiger partial charge in [-0.3, -0.25) is 14.5 Å². The highest BCUT2D eigenvalue weighted by Gasteiger charge is 2.28. The Kier molecular flexibility index (Phi) is 2.90. The summed E-state index contributed by atoms with van der Waals surface area (Å²) in [6.07, 6.45) is 0.683. The van der Waals surface area contributed by atoms with Crippen molar-refractivity contribution in [2.24, 2.45) is 0 Å². The van der Waals surface area contributed by atoms with Crippen LogP contribution < -0.4 is 5.32 Å². The third-order valence-electron chi connectivity index (χ3n) is 2.73. The van der Waals surface area contributed by atoms with Gasteiger partial charge in [-0.1, -0.05) is 18.2 Å². The van der Waals surface area contributed by atoms with Gasteiger partial charge in [-0.15, -0.1) is 0 Å². The molecule has 0 saturated carbocycles. The maximum atomic E-state index is 11.4. The standard InChI is InChI=1S/C12H14N2O2/c1-9-4-2-3-5-10(9)13-8-14-11(15)6-7-12(14)16/h2-5,13H,6-8H2,1H3. The summed E-state index contributed by atoms with van der Waals surface area (Å²) in [6.45, 7) is 2.25. The molecule has 2 amide bonds. The van der Waals surface area contributed by atoms with Crippen LogP contribution in [-0.4, -0.2) is 23.4 Å².